The quantitative estimate of drug-likeness (QED) is 0.302. The van der Waals surface area contributed by atoms with Crippen molar-refractivity contribution in [1.82, 2.24) is 9.55 Å². The van der Waals surface area contributed by atoms with E-state index >= 15 is 0 Å². The van der Waals surface area contributed by atoms with Crippen molar-refractivity contribution in [3.05, 3.63) is 101 Å². The topological polar surface area (TPSA) is 61.0 Å². The van der Waals surface area contributed by atoms with Gasteiger partial charge in [0.05, 0.1) is 16.0 Å². The zero-order valence-electron chi connectivity index (χ0n) is 14.8. The molecule has 0 aliphatic carbocycles. The standard InChI is InChI=1S/C23H15N3O2/c27-26(28)22-10-4-1-6-18(22)16-11-13-17(14-12-16)25-21-9-3-2-7-19(21)20-8-5-15-24-23(20)25/h1-15H. The van der Waals surface area contributed by atoms with Gasteiger partial charge in [0.25, 0.3) is 5.69 Å². The first-order valence-corrected chi connectivity index (χ1v) is 8.92. The lowest BCUT2D eigenvalue weighted by Crippen LogP contribution is -1.96. The van der Waals surface area contributed by atoms with Gasteiger partial charge in [-0.1, -0.05) is 42.5 Å². The smallest absolute Gasteiger partial charge is 0.277 e. The zero-order valence-corrected chi connectivity index (χ0v) is 14.8. The molecular weight excluding hydrogens is 350 g/mol. The van der Waals surface area contributed by atoms with Crippen LogP contribution in [0.15, 0.2) is 91.1 Å². The van der Waals surface area contributed by atoms with Crippen molar-refractivity contribution in [1.29, 1.82) is 0 Å². The largest absolute Gasteiger partial charge is 0.294 e. The molecule has 0 radical (unpaired) electrons. The molecule has 0 spiro atoms. The van der Waals surface area contributed by atoms with Crippen LogP contribution >= 0.6 is 0 Å². The van der Waals surface area contributed by atoms with Crippen LogP contribution in [0.1, 0.15) is 0 Å². The maximum absolute atomic E-state index is 11.3. The molecule has 0 fully saturated rings. The van der Waals surface area contributed by atoms with Crippen molar-refractivity contribution in [2.24, 2.45) is 0 Å². The Morgan fingerprint density at radius 1 is 0.786 bits per heavy atom. The Morgan fingerprint density at radius 2 is 1.50 bits per heavy atom. The van der Waals surface area contributed by atoms with E-state index in [9.17, 15) is 10.1 Å². The lowest BCUT2D eigenvalue weighted by Gasteiger charge is -2.09. The number of nitro groups is 1. The zero-order chi connectivity index (χ0) is 19.1. The van der Waals surface area contributed by atoms with Gasteiger partial charge >= 0.3 is 0 Å². The fraction of sp³-hybridized carbons (Fsp3) is 0. The molecule has 0 N–H and O–H groups in total. The number of fused-ring (bicyclic) bond motifs is 3. The van der Waals surface area contributed by atoms with Gasteiger partial charge in [-0.3, -0.25) is 14.7 Å². The van der Waals surface area contributed by atoms with Gasteiger partial charge in [0, 0.05) is 28.7 Å². The van der Waals surface area contributed by atoms with E-state index < -0.39 is 0 Å². The van der Waals surface area contributed by atoms with E-state index in [0.717, 1.165) is 33.2 Å². The third kappa shape index (κ3) is 2.45. The Morgan fingerprint density at radius 3 is 2.32 bits per heavy atom. The SMILES string of the molecule is O=[N+]([O-])c1ccccc1-c1ccc(-n2c3ccccc3c3cccnc32)cc1. The summed E-state index contributed by atoms with van der Waals surface area (Å²) >= 11 is 0. The van der Waals surface area contributed by atoms with Gasteiger partial charge in [-0.25, -0.2) is 4.98 Å². The van der Waals surface area contributed by atoms with E-state index in [1.807, 2.05) is 48.5 Å². The van der Waals surface area contributed by atoms with Crippen molar-refractivity contribution in [2.45, 2.75) is 0 Å². The normalized spacial score (nSPS) is 11.1. The molecule has 2 heterocycles. The first-order valence-electron chi connectivity index (χ1n) is 8.92. The Balaban J connectivity index is 1.69. The fourth-order valence-corrected chi connectivity index (χ4v) is 3.72. The van der Waals surface area contributed by atoms with Crippen molar-refractivity contribution in [3.63, 3.8) is 0 Å². The molecule has 5 aromatic rings. The molecule has 3 aromatic carbocycles. The second-order valence-electron chi connectivity index (χ2n) is 6.55. The summed E-state index contributed by atoms with van der Waals surface area (Å²) in [4.78, 5) is 15.6. The maximum atomic E-state index is 11.3. The number of benzene rings is 3. The van der Waals surface area contributed by atoms with Crippen LogP contribution < -0.4 is 0 Å². The predicted molar refractivity (Wildman–Crippen MR) is 111 cm³/mol. The first-order chi connectivity index (χ1) is 13.7. The average Bonchev–Trinajstić information content (AvgIpc) is 3.08. The average molecular weight is 365 g/mol. The number of aromatic nitrogens is 2. The summed E-state index contributed by atoms with van der Waals surface area (Å²) in [5.74, 6) is 0. The van der Waals surface area contributed by atoms with Crippen molar-refractivity contribution in [2.75, 3.05) is 0 Å². The van der Waals surface area contributed by atoms with Crippen molar-refractivity contribution in [3.8, 4) is 16.8 Å². The van der Waals surface area contributed by atoms with Crippen LogP contribution in [0, 0.1) is 10.1 Å². The predicted octanol–water partition coefficient (Wildman–Crippen LogP) is 5.75. The summed E-state index contributed by atoms with van der Waals surface area (Å²) in [6.45, 7) is 0. The van der Waals surface area contributed by atoms with Crippen LogP contribution in [0.5, 0.6) is 0 Å². The molecule has 2 aromatic heterocycles. The van der Waals surface area contributed by atoms with Gasteiger partial charge in [0.15, 0.2) is 0 Å². The molecule has 134 valence electrons. The molecule has 5 nitrogen and oxygen atoms in total. The molecule has 0 aliphatic rings. The highest BCUT2D eigenvalue weighted by Gasteiger charge is 2.15. The van der Waals surface area contributed by atoms with Crippen LogP contribution in [0.3, 0.4) is 0 Å². The first kappa shape index (κ1) is 16.2. The maximum Gasteiger partial charge on any atom is 0.277 e. The Labute approximate surface area is 160 Å². The van der Waals surface area contributed by atoms with E-state index in [1.54, 1.807) is 18.3 Å². The highest BCUT2D eigenvalue weighted by molar-refractivity contribution is 6.07. The molecule has 5 heteroatoms. The molecule has 5 rings (SSSR count). The van der Waals surface area contributed by atoms with Crippen molar-refractivity contribution >= 4 is 27.6 Å². The lowest BCUT2D eigenvalue weighted by atomic mass is 10.0. The van der Waals surface area contributed by atoms with Crippen molar-refractivity contribution < 1.29 is 4.92 Å². The van der Waals surface area contributed by atoms with Crippen LogP contribution in [0.4, 0.5) is 5.69 Å². The number of pyridine rings is 1. The summed E-state index contributed by atoms with van der Waals surface area (Å²) < 4.78 is 2.12. The Kier molecular flexibility index (Phi) is 3.66. The van der Waals surface area contributed by atoms with E-state index in [1.165, 1.54) is 6.07 Å². The molecular formula is C23H15N3O2. The van der Waals surface area contributed by atoms with Crippen LogP contribution in [-0.2, 0) is 0 Å². The number of nitro benzene ring substituents is 1. The monoisotopic (exact) mass is 365 g/mol. The number of hydrogen-bond acceptors (Lipinski definition) is 3. The van der Waals surface area contributed by atoms with Gasteiger partial charge in [-0.15, -0.1) is 0 Å². The molecule has 0 saturated carbocycles. The van der Waals surface area contributed by atoms with E-state index in [-0.39, 0.29) is 10.6 Å². The summed E-state index contributed by atoms with van der Waals surface area (Å²) in [6.07, 6.45) is 1.79. The van der Waals surface area contributed by atoms with Gasteiger partial charge < -0.3 is 0 Å². The second kappa shape index (κ2) is 6.32. The van der Waals surface area contributed by atoms with Gasteiger partial charge in [-0.2, -0.15) is 0 Å². The molecule has 0 amide bonds. The van der Waals surface area contributed by atoms with Crippen LogP contribution in [0.25, 0.3) is 38.8 Å². The van der Waals surface area contributed by atoms with Crippen LogP contribution in [0.2, 0.25) is 0 Å². The highest BCUT2D eigenvalue weighted by Crippen LogP contribution is 2.33. The minimum atomic E-state index is -0.347. The van der Waals surface area contributed by atoms with E-state index in [2.05, 4.69) is 27.8 Å². The molecule has 0 saturated heterocycles. The van der Waals surface area contributed by atoms with Crippen LogP contribution in [-0.4, -0.2) is 14.5 Å². The number of nitrogens with zero attached hydrogens (tertiary/aromatic N) is 3. The van der Waals surface area contributed by atoms with Gasteiger partial charge in [0.1, 0.15) is 5.65 Å². The molecule has 0 unspecified atom stereocenters. The third-order valence-corrected chi connectivity index (χ3v) is 4.97. The number of para-hydroxylation sites is 2. The number of rotatable bonds is 3. The summed E-state index contributed by atoms with van der Waals surface area (Å²) in [7, 11) is 0. The minimum Gasteiger partial charge on any atom is -0.294 e. The number of hydrogen-bond donors (Lipinski definition) is 0. The Hall–Kier alpha value is -3.99. The van der Waals surface area contributed by atoms with E-state index in [4.69, 9.17) is 0 Å². The fourth-order valence-electron chi connectivity index (χ4n) is 3.72. The van der Waals surface area contributed by atoms with Gasteiger partial charge in [0.2, 0.25) is 0 Å². The Bertz CT molecular complexity index is 1280. The molecule has 0 atom stereocenters. The summed E-state index contributed by atoms with van der Waals surface area (Å²) in [5.41, 5.74) is 4.46. The van der Waals surface area contributed by atoms with Gasteiger partial charge in [-0.05, 0) is 42.0 Å². The lowest BCUT2D eigenvalue weighted by molar-refractivity contribution is -0.384. The second-order valence-corrected chi connectivity index (χ2v) is 6.55. The molecule has 28 heavy (non-hydrogen) atoms. The summed E-state index contributed by atoms with van der Waals surface area (Å²) in [6, 6.07) is 26.8. The minimum absolute atomic E-state index is 0.105. The van der Waals surface area contributed by atoms with E-state index in [0.29, 0.717) is 5.56 Å². The molecule has 0 aliphatic heterocycles. The molecule has 0 bridgehead atoms. The highest BCUT2D eigenvalue weighted by atomic mass is 16.6. The summed E-state index contributed by atoms with van der Waals surface area (Å²) in [5, 5.41) is 13.6. The third-order valence-electron chi connectivity index (χ3n) is 4.97.